The molecule has 148 valence electrons. The largest absolute Gasteiger partial charge is 0.316 e. The number of aromatic nitrogens is 1. The average molecular weight is 432 g/mol. The van der Waals surface area contributed by atoms with Gasteiger partial charge in [0.25, 0.3) is 5.91 Å². The first-order valence-corrected chi connectivity index (χ1v) is 12.7. The summed E-state index contributed by atoms with van der Waals surface area (Å²) in [5.41, 5.74) is 0.869. The zero-order chi connectivity index (χ0) is 19.6. The van der Waals surface area contributed by atoms with Gasteiger partial charge in [-0.25, -0.2) is 17.1 Å². The predicted molar refractivity (Wildman–Crippen MR) is 108 cm³/mol. The van der Waals surface area contributed by atoms with Gasteiger partial charge in [0.15, 0.2) is 4.80 Å². The summed E-state index contributed by atoms with van der Waals surface area (Å²) in [4.78, 5) is 17.6. The van der Waals surface area contributed by atoms with E-state index in [4.69, 9.17) is 0 Å². The number of sulfonamides is 1. The summed E-state index contributed by atoms with van der Waals surface area (Å²) in [6.07, 6.45) is 4.14. The van der Waals surface area contributed by atoms with Crippen molar-refractivity contribution in [3.63, 3.8) is 0 Å². The lowest BCUT2D eigenvalue weighted by molar-refractivity contribution is -0.122. The summed E-state index contributed by atoms with van der Waals surface area (Å²) >= 11 is 3.00. The maximum absolute atomic E-state index is 13.6. The van der Waals surface area contributed by atoms with Crippen molar-refractivity contribution in [3.05, 3.63) is 28.8 Å². The van der Waals surface area contributed by atoms with E-state index in [0.29, 0.717) is 37.3 Å². The lowest BCUT2D eigenvalue weighted by Gasteiger charge is -2.28. The molecule has 6 nitrogen and oxygen atoms in total. The van der Waals surface area contributed by atoms with Crippen LogP contribution in [0.5, 0.6) is 0 Å². The van der Waals surface area contributed by atoms with Crippen LogP contribution in [0.2, 0.25) is 0 Å². The molecule has 1 saturated heterocycles. The lowest BCUT2D eigenvalue weighted by atomic mass is 9.98. The van der Waals surface area contributed by atoms with Crippen LogP contribution in [0.25, 0.3) is 10.2 Å². The number of aryl methyl sites for hydroxylation is 1. The Morgan fingerprint density at radius 2 is 2.07 bits per heavy atom. The van der Waals surface area contributed by atoms with Crippen molar-refractivity contribution >= 4 is 49.2 Å². The van der Waals surface area contributed by atoms with E-state index in [2.05, 4.69) is 4.99 Å². The predicted octanol–water partition coefficient (Wildman–Crippen LogP) is 2.30. The minimum atomic E-state index is -3.22. The summed E-state index contributed by atoms with van der Waals surface area (Å²) in [5.74, 6) is 0.0379. The first-order chi connectivity index (χ1) is 12.8. The standard InChI is InChI=1S/C17H22FN3O3S3/c1-25-10-9-21-14-4-3-13(18)11-15(14)26-17(21)19-16(22)12-5-7-20(8-6-12)27(2,23)24/h3-4,11-12H,5-10H2,1-2H3. The van der Waals surface area contributed by atoms with Gasteiger partial charge in [0.05, 0.1) is 16.5 Å². The van der Waals surface area contributed by atoms with Gasteiger partial charge in [0.2, 0.25) is 10.0 Å². The third-order valence-electron chi connectivity index (χ3n) is 4.64. The second kappa shape index (κ2) is 8.42. The fourth-order valence-electron chi connectivity index (χ4n) is 3.15. The van der Waals surface area contributed by atoms with Gasteiger partial charge in [-0.2, -0.15) is 16.8 Å². The van der Waals surface area contributed by atoms with Crippen LogP contribution in [-0.4, -0.2) is 54.6 Å². The summed E-state index contributed by atoms with van der Waals surface area (Å²) < 4.78 is 40.9. The number of hydrogen-bond acceptors (Lipinski definition) is 5. The molecule has 1 fully saturated rings. The Kier molecular flexibility index (Phi) is 6.39. The molecule has 0 N–H and O–H groups in total. The molecular weight excluding hydrogens is 409 g/mol. The molecule has 27 heavy (non-hydrogen) atoms. The van der Waals surface area contributed by atoms with Crippen LogP contribution in [0.15, 0.2) is 23.2 Å². The smallest absolute Gasteiger partial charge is 0.251 e. The van der Waals surface area contributed by atoms with Gasteiger partial charge in [0.1, 0.15) is 5.82 Å². The monoisotopic (exact) mass is 431 g/mol. The van der Waals surface area contributed by atoms with E-state index >= 15 is 0 Å². The highest BCUT2D eigenvalue weighted by Crippen LogP contribution is 2.22. The first kappa shape index (κ1) is 20.5. The van der Waals surface area contributed by atoms with E-state index in [-0.39, 0.29) is 17.6 Å². The molecule has 1 amide bonds. The molecule has 0 aliphatic carbocycles. The average Bonchev–Trinajstić information content (AvgIpc) is 2.95. The third kappa shape index (κ3) is 4.79. The number of piperidine rings is 1. The molecule has 10 heteroatoms. The second-order valence-electron chi connectivity index (χ2n) is 6.53. The molecule has 1 aliphatic rings. The van der Waals surface area contributed by atoms with Crippen LogP contribution in [0, 0.1) is 11.7 Å². The number of thiazole rings is 1. The normalized spacial score (nSPS) is 17.7. The number of hydrogen-bond donors (Lipinski definition) is 0. The van der Waals surface area contributed by atoms with Crippen molar-refractivity contribution in [1.29, 1.82) is 0 Å². The molecule has 0 bridgehead atoms. The van der Waals surface area contributed by atoms with E-state index in [0.717, 1.165) is 16.0 Å². The van der Waals surface area contributed by atoms with Gasteiger partial charge < -0.3 is 4.57 Å². The Balaban J connectivity index is 1.87. The van der Waals surface area contributed by atoms with E-state index in [9.17, 15) is 17.6 Å². The van der Waals surface area contributed by atoms with Crippen molar-refractivity contribution in [2.75, 3.05) is 31.4 Å². The molecule has 0 atom stereocenters. The molecule has 0 spiro atoms. The molecule has 2 aromatic rings. The van der Waals surface area contributed by atoms with Gasteiger partial charge in [0, 0.05) is 31.3 Å². The van der Waals surface area contributed by atoms with Gasteiger partial charge in [-0.3, -0.25) is 4.79 Å². The molecule has 1 aromatic carbocycles. The Bertz CT molecular complexity index is 1010. The minimum Gasteiger partial charge on any atom is -0.316 e. The van der Waals surface area contributed by atoms with Gasteiger partial charge in [-0.05, 0) is 37.3 Å². The summed E-state index contributed by atoms with van der Waals surface area (Å²) in [7, 11) is -3.22. The summed E-state index contributed by atoms with van der Waals surface area (Å²) in [5, 5.41) is 0. The van der Waals surface area contributed by atoms with Crippen molar-refractivity contribution in [3.8, 4) is 0 Å². The zero-order valence-corrected chi connectivity index (χ0v) is 17.7. The zero-order valence-electron chi connectivity index (χ0n) is 15.2. The Hall–Kier alpha value is -1.23. The van der Waals surface area contributed by atoms with Crippen LogP contribution < -0.4 is 4.80 Å². The number of carbonyl (C=O) groups excluding carboxylic acids is 1. The fourth-order valence-corrected chi connectivity index (χ4v) is 5.48. The van der Waals surface area contributed by atoms with Crippen LogP contribution >= 0.6 is 23.1 Å². The van der Waals surface area contributed by atoms with E-state index < -0.39 is 10.0 Å². The maximum atomic E-state index is 13.6. The number of halogens is 1. The van der Waals surface area contributed by atoms with Crippen LogP contribution in [0.3, 0.4) is 0 Å². The van der Waals surface area contributed by atoms with Crippen molar-refractivity contribution < 1.29 is 17.6 Å². The highest BCUT2D eigenvalue weighted by atomic mass is 32.2. The molecule has 0 saturated carbocycles. The van der Waals surface area contributed by atoms with E-state index in [1.807, 2.05) is 10.8 Å². The number of carbonyl (C=O) groups is 1. The molecule has 1 aromatic heterocycles. The Morgan fingerprint density at radius 3 is 2.70 bits per heavy atom. The van der Waals surface area contributed by atoms with Crippen molar-refractivity contribution in [1.82, 2.24) is 8.87 Å². The molecule has 1 aliphatic heterocycles. The highest BCUT2D eigenvalue weighted by Gasteiger charge is 2.28. The maximum Gasteiger partial charge on any atom is 0.251 e. The van der Waals surface area contributed by atoms with Crippen LogP contribution in [-0.2, 0) is 21.4 Å². The second-order valence-corrected chi connectivity index (χ2v) is 10.5. The summed E-state index contributed by atoms with van der Waals surface area (Å²) in [6.45, 7) is 1.37. The van der Waals surface area contributed by atoms with Gasteiger partial charge in [-0.15, -0.1) is 0 Å². The van der Waals surface area contributed by atoms with Crippen molar-refractivity contribution in [2.24, 2.45) is 10.9 Å². The number of benzene rings is 1. The van der Waals surface area contributed by atoms with Gasteiger partial charge in [-0.1, -0.05) is 11.3 Å². The number of thioether (sulfide) groups is 1. The molecule has 2 heterocycles. The van der Waals surface area contributed by atoms with E-state index in [1.165, 1.54) is 34.0 Å². The summed E-state index contributed by atoms with van der Waals surface area (Å²) in [6, 6.07) is 4.59. The van der Waals surface area contributed by atoms with E-state index in [1.54, 1.807) is 17.8 Å². The van der Waals surface area contributed by atoms with Crippen LogP contribution in [0.1, 0.15) is 12.8 Å². The lowest BCUT2D eigenvalue weighted by Crippen LogP contribution is -2.39. The number of fused-ring (bicyclic) bond motifs is 1. The first-order valence-electron chi connectivity index (χ1n) is 8.61. The number of nitrogens with zero attached hydrogens (tertiary/aromatic N) is 3. The van der Waals surface area contributed by atoms with Gasteiger partial charge >= 0.3 is 0 Å². The fraction of sp³-hybridized carbons (Fsp3) is 0.529. The molecule has 0 radical (unpaired) electrons. The molecular formula is C17H22FN3O3S3. The molecule has 0 unspecified atom stereocenters. The third-order valence-corrected chi connectivity index (χ3v) is 7.58. The topological polar surface area (TPSA) is 71.7 Å². The van der Waals surface area contributed by atoms with Crippen molar-refractivity contribution in [2.45, 2.75) is 19.4 Å². The number of amides is 1. The quantitative estimate of drug-likeness (QED) is 0.728. The highest BCUT2D eigenvalue weighted by molar-refractivity contribution is 7.98. The minimum absolute atomic E-state index is 0.229. The Morgan fingerprint density at radius 1 is 1.37 bits per heavy atom. The molecule has 3 rings (SSSR count). The number of rotatable bonds is 5. The Labute approximate surface area is 166 Å². The van der Waals surface area contributed by atoms with Crippen LogP contribution in [0.4, 0.5) is 4.39 Å². The SMILES string of the molecule is CSCCn1c(=NC(=O)C2CCN(S(C)(=O)=O)CC2)sc2cc(F)ccc21.